The lowest BCUT2D eigenvalue weighted by Crippen LogP contribution is -2.39. The third kappa shape index (κ3) is 4.62. The summed E-state index contributed by atoms with van der Waals surface area (Å²) in [6.45, 7) is 5.95. The second-order valence-corrected chi connectivity index (χ2v) is 8.00. The maximum atomic E-state index is 12.5. The van der Waals surface area contributed by atoms with Crippen molar-refractivity contribution in [3.05, 3.63) is 16.0 Å². The quantitative estimate of drug-likeness (QED) is 0.791. The number of methoxy groups -OCH3 is 1. The van der Waals surface area contributed by atoms with E-state index in [1.165, 1.54) is 18.4 Å². The zero-order valence-corrected chi connectivity index (χ0v) is 16.9. The lowest BCUT2D eigenvalue weighted by Gasteiger charge is -2.30. The molecular formula is C18H27N3O4S. The number of ether oxygens (including phenoxy) is 1. The summed E-state index contributed by atoms with van der Waals surface area (Å²) in [6.07, 6.45) is 2.27. The van der Waals surface area contributed by atoms with Crippen LogP contribution in [0.2, 0.25) is 0 Å². The molecule has 0 saturated carbocycles. The van der Waals surface area contributed by atoms with Crippen LogP contribution in [-0.4, -0.2) is 68.4 Å². The maximum Gasteiger partial charge on any atom is 0.341 e. The molecule has 7 nitrogen and oxygen atoms in total. The summed E-state index contributed by atoms with van der Waals surface area (Å²) >= 11 is 1.11. The van der Waals surface area contributed by atoms with E-state index in [4.69, 9.17) is 4.74 Å². The Morgan fingerprint density at radius 3 is 2.62 bits per heavy atom. The van der Waals surface area contributed by atoms with Crippen LogP contribution in [0.4, 0.5) is 5.00 Å². The van der Waals surface area contributed by atoms with Gasteiger partial charge in [0.25, 0.3) is 5.91 Å². The Bertz CT molecular complexity index is 699. The number of nitrogens with zero attached hydrogens (tertiary/aromatic N) is 2. The summed E-state index contributed by atoms with van der Waals surface area (Å²) < 4.78 is 4.84. The SMILES string of the molecule is COC(=O)c1c(NC(=O)CN2CCCC(C)C2)sc(C(=O)N(C)C)c1C. The zero-order chi connectivity index (χ0) is 19.4. The van der Waals surface area contributed by atoms with E-state index in [2.05, 4.69) is 17.1 Å². The van der Waals surface area contributed by atoms with E-state index in [9.17, 15) is 14.4 Å². The molecule has 26 heavy (non-hydrogen) atoms. The van der Waals surface area contributed by atoms with Gasteiger partial charge in [-0.1, -0.05) is 6.92 Å². The van der Waals surface area contributed by atoms with Crippen LogP contribution in [-0.2, 0) is 9.53 Å². The first-order valence-electron chi connectivity index (χ1n) is 8.70. The van der Waals surface area contributed by atoms with E-state index in [0.717, 1.165) is 30.8 Å². The van der Waals surface area contributed by atoms with Gasteiger partial charge in [-0.25, -0.2) is 4.79 Å². The van der Waals surface area contributed by atoms with Crippen LogP contribution >= 0.6 is 11.3 Å². The molecule has 1 N–H and O–H groups in total. The summed E-state index contributed by atoms with van der Waals surface area (Å²) in [5.41, 5.74) is 0.783. The predicted molar refractivity (Wildman–Crippen MR) is 102 cm³/mol. The number of rotatable bonds is 5. The first-order chi connectivity index (χ1) is 12.2. The lowest BCUT2D eigenvalue weighted by molar-refractivity contribution is -0.117. The highest BCUT2D eigenvalue weighted by atomic mass is 32.1. The fourth-order valence-corrected chi connectivity index (χ4v) is 4.39. The topological polar surface area (TPSA) is 79.0 Å². The molecule has 1 aliphatic rings. The number of carbonyl (C=O) groups is 3. The van der Waals surface area contributed by atoms with Gasteiger partial charge in [0.2, 0.25) is 5.91 Å². The van der Waals surface area contributed by atoms with Gasteiger partial charge in [0.1, 0.15) is 5.00 Å². The van der Waals surface area contributed by atoms with Crippen molar-refractivity contribution < 1.29 is 19.1 Å². The number of anilines is 1. The van der Waals surface area contributed by atoms with Crippen molar-refractivity contribution in [3.63, 3.8) is 0 Å². The van der Waals surface area contributed by atoms with E-state index in [-0.39, 0.29) is 23.9 Å². The van der Waals surface area contributed by atoms with Crippen LogP contribution < -0.4 is 5.32 Å². The highest BCUT2D eigenvalue weighted by molar-refractivity contribution is 7.18. The van der Waals surface area contributed by atoms with Crippen LogP contribution in [0.1, 0.15) is 45.4 Å². The standard InChI is InChI=1S/C18H27N3O4S/c1-11-7-6-8-21(9-11)10-13(22)19-16-14(18(24)25-5)12(2)15(26-16)17(23)20(3)4/h11H,6-10H2,1-5H3,(H,19,22). The lowest BCUT2D eigenvalue weighted by atomic mass is 10.0. The van der Waals surface area contributed by atoms with Crippen molar-refractivity contribution in [1.29, 1.82) is 0 Å². The summed E-state index contributed by atoms with van der Waals surface area (Å²) in [5, 5.41) is 3.18. The van der Waals surface area contributed by atoms with Crippen molar-refractivity contribution in [2.75, 3.05) is 46.2 Å². The molecule has 0 aliphatic carbocycles. The van der Waals surface area contributed by atoms with Crippen molar-refractivity contribution in [3.8, 4) is 0 Å². The molecule has 1 atom stereocenters. The Morgan fingerprint density at radius 1 is 1.35 bits per heavy atom. The molecular weight excluding hydrogens is 354 g/mol. The van der Waals surface area contributed by atoms with Gasteiger partial charge in [-0.3, -0.25) is 14.5 Å². The highest BCUT2D eigenvalue weighted by Gasteiger charge is 2.27. The van der Waals surface area contributed by atoms with E-state index in [0.29, 0.717) is 21.4 Å². The largest absolute Gasteiger partial charge is 0.465 e. The minimum Gasteiger partial charge on any atom is -0.465 e. The highest BCUT2D eigenvalue weighted by Crippen LogP contribution is 2.34. The minimum atomic E-state index is -0.557. The third-order valence-electron chi connectivity index (χ3n) is 4.50. The number of piperidine rings is 1. The number of amides is 2. The third-order valence-corrected chi connectivity index (χ3v) is 5.69. The Morgan fingerprint density at radius 2 is 2.04 bits per heavy atom. The van der Waals surface area contributed by atoms with E-state index in [1.807, 2.05) is 0 Å². The number of nitrogens with one attached hydrogen (secondary N) is 1. The molecule has 2 amide bonds. The molecule has 1 unspecified atom stereocenters. The number of carbonyl (C=O) groups excluding carboxylic acids is 3. The smallest absolute Gasteiger partial charge is 0.341 e. The molecule has 0 spiro atoms. The van der Waals surface area contributed by atoms with Gasteiger partial charge < -0.3 is 15.0 Å². The Balaban J connectivity index is 2.21. The van der Waals surface area contributed by atoms with Crippen LogP contribution in [0.15, 0.2) is 0 Å². The van der Waals surface area contributed by atoms with Gasteiger partial charge in [0.05, 0.1) is 24.1 Å². The van der Waals surface area contributed by atoms with Gasteiger partial charge in [-0.15, -0.1) is 11.3 Å². The normalized spacial score (nSPS) is 17.7. The Kier molecular flexibility index (Phi) is 6.77. The average Bonchev–Trinajstić information content (AvgIpc) is 2.89. The van der Waals surface area contributed by atoms with Crippen LogP contribution in [0.5, 0.6) is 0 Å². The molecule has 1 aromatic rings. The van der Waals surface area contributed by atoms with Gasteiger partial charge in [0, 0.05) is 20.6 Å². The van der Waals surface area contributed by atoms with Crippen molar-refractivity contribution in [1.82, 2.24) is 9.80 Å². The van der Waals surface area contributed by atoms with E-state index >= 15 is 0 Å². The summed E-state index contributed by atoms with van der Waals surface area (Å²) in [7, 11) is 4.58. The number of likely N-dealkylation sites (tertiary alicyclic amines) is 1. The van der Waals surface area contributed by atoms with Crippen molar-refractivity contribution >= 4 is 34.1 Å². The Hall–Kier alpha value is -1.93. The average molecular weight is 381 g/mol. The minimum absolute atomic E-state index is 0.186. The monoisotopic (exact) mass is 381 g/mol. The molecule has 1 fully saturated rings. The van der Waals surface area contributed by atoms with Crippen LogP contribution in [0.3, 0.4) is 0 Å². The van der Waals surface area contributed by atoms with Gasteiger partial charge >= 0.3 is 5.97 Å². The van der Waals surface area contributed by atoms with Crippen LogP contribution in [0, 0.1) is 12.8 Å². The fraction of sp³-hybridized carbons (Fsp3) is 0.611. The molecule has 2 heterocycles. The van der Waals surface area contributed by atoms with Gasteiger partial charge in [-0.05, 0) is 37.8 Å². The number of thiophene rings is 1. The van der Waals surface area contributed by atoms with Gasteiger partial charge in [0.15, 0.2) is 0 Å². The second-order valence-electron chi connectivity index (χ2n) is 6.98. The molecule has 1 aliphatic heterocycles. The maximum absolute atomic E-state index is 12.5. The molecule has 144 valence electrons. The molecule has 0 radical (unpaired) electrons. The number of esters is 1. The molecule has 0 aromatic carbocycles. The van der Waals surface area contributed by atoms with Crippen LogP contribution in [0.25, 0.3) is 0 Å². The molecule has 1 saturated heterocycles. The van der Waals surface area contributed by atoms with E-state index < -0.39 is 5.97 Å². The summed E-state index contributed by atoms with van der Waals surface area (Å²) in [5.74, 6) is -0.369. The first-order valence-corrected chi connectivity index (χ1v) is 9.51. The first kappa shape index (κ1) is 20.4. The van der Waals surface area contributed by atoms with Crippen molar-refractivity contribution in [2.45, 2.75) is 26.7 Å². The second kappa shape index (κ2) is 8.64. The summed E-state index contributed by atoms with van der Waals surface area (Å²) in [6, 6.07) is 0. The van der Waals surface area contributed by atoms with E-state index in [1.54, 1.807) is 21.0 Å². The van der Waals surface area contributed by atoms with Gasteiger partial charge in [-0.2, -0.15) is 0 Å². The van der Waals surface area contributed by atoms with Crippen molar-refractivity contribution in [2.24, 2.45) is 5.92 Å². The molecule has 8 heteroatoms. The molecule has 0 bridgehead atoms. The number of hydrogen-bond donors (Lipinski definition) is 1. The fourth-order valence-electron chi connectivity index (χ4n) is 3.16. The molecule has 1 aromatic heterocycles. The Labute approximate surface area is 158 Å². The zero-order valence-electron chi connectivity index (χ0n) is 16.0. The molecule has 2 rings (SSSR count). The number of hydrogen-bond acceptors (Lipinski definition) is 6. The summed E-state index contributed by atoms with van der Waals surface area (Å²) in [4.78, 5) is 41.0. The predicted octanol–water partition coefficient (Wildman–Crippen LogP) is 2.22.